The van der Waals surface area contributed by atoms with Crippen LogP contribution in [0.15, 0.2) is 47.4 Å². The van der Waals surface area contributed by atoms with E-state index in [1.807, 2.05) is 0 Å². The van der Waals surface area contributed by atoms with Crippen molar-refractivity contribution < 1.29 is 14.7 Å². The Morgan fingerprint density at radius 2 is 2.00 bits per heavy atom. The number of amides is 1. The first-order valence-corrected chi connectivity index (χ1v) is 5.89. The molecule has 1 aromatic carbocycles. The van der Waals surface area contributed by atoms with Crippen molar-refractivity contribution in [3.63, 3.8) is 0 Å². The summed E-state index contributed by atoms with van der Waals surface area (Å²) in [5.41, 5.74) is 4.31. The van der Waals surface area contributed by atoms with Crippen molar-refractivity contribution in [2.75, 3.05) is 5.32 Å². The Balaban J connectivity index is 2.44. The first-order valence-electron chi connectivity index (χ1n) is 5.51. The summed E-state index contributed by atoms with van der Waals surface area (Å²) in [6, 6.07) is 6.67. The first-order chi connectivity index (χ1) is 9.41. The van der Waals surface area contributed by atoms with E-state index in [9.17, 15) is 14.7 Å². The van der Waals surface area contributed by atoms with Crippen LogP contribution in [-0.2, 0) is 9.59 Å². The van der Waals surface area contributed by atoms with Crippen molar-refractivity contribution in [3.8, 4) is 0 Å². The number of hydrogen-bond acceptors (Lipinski definition) is 5. The summed E-state index contributed by atoms with van der Waals surface area (Å²) in [6.45, 7) is 0. The number of para-hydroxylation sites is 1. The fraction of sp³-hybridized carbons (Fsp3) is 0. The molecule has 0 fully saturated rings. The molecule has 1 aromatic rings. The summed E-state index contributed by atoms with van der Waals surface area (Å²) in [5.74, 6) is -2.33. The second-order valence-electron chi connectivity index (χ2n) is 3.99. The molecule has 2 rings (SSSR count). The normalized spacial score (nSPS) is 15.2. The number of primary amides is 1. The Bertz CT molecular complexity index is 692. The summed E-state index contributed by atoms with van der Waals surface area (Å²) in [4.78, 5) is 22.8. The van der Waals surface area contributed by atoms with Crippen LogP contribution in [0, 0.1) is 5.41 Å². The highest BCUT2D eigenvalue weighted by molar-refractivity contribution is 6.55. The Labute approximate surface area is 119 Å². The van der Waals surface area contributed by atoms with E-state index in [1.165, 1.54) is 0 Å². The van der Waals surface area contributed by atoms with Gasteiger partial charge in [0.15, 0.2) is 5.76 Å². The first kappa shape index (κ1) is 13.8. The van der Waals surface area contributed by atoms with E-state index >= 15 is 0 Å². The third kappa shape index (κ3) is 2.41. The van der Waals surface area contributed by atoms with Crippen LogP contribution in [0.1, 0.15) is 0 Å². The van der Waals surface area contributed by atoms with Gasteiger partial charge in [0.2, 0.25) is 5.78 Å². The Kier molecular flexibility index (Phi) is 3.58. The minimum absolute atomic E-state index is 0.0344. The van der Waals surface area contributed by atoms with Crippen LogP contribution < -0.4 is 11.1 Å². The quantitative estimate of drug-likeness (QED) is 0.632. The van der Waals surface area contributed by atoms with Crippen molar-refractivity contribution >= 4 is 34.7 Å². The van der Waals surface area contributed by atoms with Gasteiger partial charge in [-0.05, 0) is 12.1 Å². The lowest BCUT2D eigenvalue weighted by atomic mass is 9.97. The summed E-state index contributed by atoms with van der Waals surface area (Å²) in [7, 11) is 0. The average molecular weight is 292 g/mol. The van der Waals surface area contributed by atoms with Gasteiger partial charge >= 0.3 is 0 Å². The van der Waals surface area contributed by atoms with E-state index in [1.54, 1.807) is 24.3 Å². The lowest BCUT2D eigenvalue weighted by Crippen LogP contribution is -2.31. The van der Waals surface area contributed by atoms with Crippen molar-refractivity contribution in [1.82, 2.24) is 0 Å². The molecule has 0 saturated carbocycles. The van der Waals surface area contributed by atoms with E-state index in [0.717, 1.165) is 6.08 Å². The van der Waals surface area contributed by atoms with Gasteiger partial charge in [-0.1, -0.05) is 23.7 Å². The predicted octanol–water partition coefficient (Wildman–Crippen LogP) is 1.54. The highest BCUT2D eigenvalue weighted by Gasteiger charge is 2.29. The average Bonchev–Trinajstić information content (AvgIpc) is 2.38. The molecule has 0 heterocycles. The highest BCUT2D eigenvalue weighted by Crippen LogP contribution is 2.26. The maximum absolute atomic E-state index is 11.6. The molecular weight excluding hydrogens is 282 g/mol. The number of nitrogens with two attached hydrogens (primary N) is 1. The molecule has 0 bridgehead atoms. The number of benzene rings is 1. The summed E-state index contributed by atoms with van der Waals surface area (Å²) < 4.78 is 0. The predicted molar refractivity (Wildman–Crippen MR) is 74.7 cm³/mol. The third-order valence-electron chi connectivity index (χ3n) is 2.65. The molecule has 7 heteroatoms. The molecule has 0 atom stereocenters. The number of carbonyl (C=O) groups is 2. The van der Waals surface area contributed by atoms with Crippen LogP contribution in [0.3, 0.4) is 0 Å². The summed E-state index contributed by atoms with van der Waals surface area (Å²) >= 11 is 5.95. The van der Waals surface area contributed by atoms with Crippen LogP contribution in [0.25, 0.3) is 0 Å². The van der Waals surface area contributed by atoms with Gasteiger partial charge < -0.3 is 16.2 Å². The van der Waals surface area contributed by atoms with Gasteiger partial charge in [-0.15, -0.1) is 0 Å². The van der Waals surface area contributed by atoms with Crippen molar-refractivity contribution in [1.29, 1.82) is 5.41 Å². The molecule has 20 heavy (non-hydrogen) atoms. The molecule has 0 saturated heterocycles. The number of ketones is 1. The maximum atomic E-state index is 11.6. The minimum atomic E-state index is -1.05. The molecule has 1 amide bonds. The standard InChI is InChI=1S/C13H10ClN3O3/c14-6-3-1-2-4-7(6)17-8-5-9(18)11(15)10(12(8)19)13(16)20/h1-5,15,17,19H,(H2,16,20). The van der Waals surface area contributed by atoms with Crippen LogP contribution >= 0.6 is 11.6 Å². The number of allylic oxidation sites excluding steroid dienone is 1. The molecule has 5 N–H and O–H groups in total. The van der Waals surface area contributed by atoms with E-state index in [-0.39, 0.29) is 5.70 Å². The van der Waals surface area contributed by atoms with Crippen LogP contribution in [0.5, 0.6) is 0 Å². The molecule has 1 aliphatic carbocycles. The Morgan fingerprint density at radius 3 is 2.60 bits per heavy atom. The number of carbonyl (C=O) groups excluding carboxylic acids is 2. The Morgan fingerprint density at radius 1 is 1.35 bits per heavy atom. The number of aliphatic hydroxyl groups excluding tert-OH is 1. The van der Waals surface area contributed by atoms with E-state index in [4.69, 9.17) is 22.7 Å². The Hall–Kier alpha value is -2.60. The van der Waals surface area contributed by atoms with E-state index in [2.05, 4.69) is 5.32 Å². The summed E-state index contributed by atoms with van der Waals surface area (Å²) in [5, 5.41) is 20.5. The second-order valence-corrected chi connectivity index (χ2v) is 4.40. The number of halogens is 1. The molecule has 6 nitrogen and oxygen atoms in total. The number of anilines is 1. The molecule has 0 radical (unpaired) electrons. The van der Waals surface area contributed by atoms with Crippen LogP contribution in [0.2, 0.25) is 5.02 Å². The van der Waals surface area contributed by atoms with E-state index < -0.39 is 28.7 Å². The minimum Gasteiger partial charge on any atom is -0.505 e. The highest BCUT2D eigenvalue weighted by atomic mass is 35.5. The van der Waals surface area contributed by atoms with Gasteiger partial charge in [-0.25, -0.2) is 0 Å². The zero-order valence-corrected chi connectivity index (χ0v) is 10.9. The van der Waals surface area contributed by atoms with Crippen LogP contribution in [-0.4, -0.2) is 22.5 Å². The molecule has 102 valence electrons. The molecule has 1 aliphatic rings. The number of hydrogen-bond donors (Lipinski definition) is 4. The SMILES string of the molecule is N=C1C(=O)C=C(Nc2ccccc2Cl)C(O)=C1C(N)=O. The van der Waals surface area contributed by atoms with Gasteiger partial charge in [0.25, 0.3) is 5.91 Å². The number of nitrogens with one attached hydrogen (secondary N) is 2. The molecule has 0 aliphatic heterocycles. The molecule has 0 spiro atoms. The lowest BCUT2D eigenvalue weighted by Gasteiger charge is -2.17. The third-order valence-corrected chi connectivity index (χ3v) is 2.98. The van der Waals surface area contributed by atoms with Gasteiger partial charge in [0.1, 0.15) is 11.3 Å². The van der Waals surface area contributed by atoms with Crippen molar-refractivity contribution in [3.05, 3.63) is 52.4 Å². The van der Waals surface area contributed by atoms with Crippen molar-refractivity contribution in [2.24, 2.45) is 5.73 Å². The zero-order chi connectivity index (χ0) is 14.9. The fourth-order valence-corrected chi connectivity index (χ4v) is 1.87. The van der Waals surface area contributed by atoms with E-state index in [0.29, 0.717) is 10.7 Å². The molecular formula is C13H10ClN3O3. The number of rotatable bonds is 3. The smallest absolute Gasteiger partial charge is 0.254 e. The molecule has 0 unspecified atom stereocenters. The summed E-state index contributed by atoms with van der Waals surface area (Å²) in [6.07, 6.45) is 1.01. The number of aliphatic hydroxyl groups is 1. The lowest BCUT2D eigenvalue weighted by molar-refractivity contribution is -0.115. The van der Waals surface area contributed by atoms with Crippen molar-refractivity contribution in [2.45, 2.75) is 0 Å². The zero-order valence-electron chi connectivity index (χ0n) is 10.1. The largest absolute Gasteiger partial charge is 0.505 e. The van der Waals surface area contributed by atoms with Gasteiger partial charge in [0.05, 0.1) is 16.4 Å². The maximum Gasteiger partial charge on any atom is 0.254 e. The monoisotopic (exact) mass is 291 g/mol. The van der Waals surface area contributed by atoms with Crippen LogP contribution in [0.4, 0.5) is 5.69 Å². The van der Waals surface area contributed by atoms with Gasteiger partial charge in [0, 0.05) is 6.08 Å². The van der Waals surface area contributed by atoms with Gasteiger partial charge in [-0.3, -0.25) is 15.0 Å². The molecule has 0 aromatic heterocycles. The fourth-order valence-electron chi connectivity index (χ4n) is 1.69. The second kappa shape index (κ2) is 5.18. The van der Waals surface area contributed by atoms with Gasteiger partial charge in [-0.2, -0.15) is 0 Å². The topological polar surface area (TPSA) is 116 Å².